The van der Waals surface area contributed by atoms with Gasteiger partial charge < -0.3 is 26.6 Å². The summed E-state index contributed by atoms with van der Waals surface area (Å²) < 4.78 is 38.5. The van der Waals surface area contributed by atoms with E-state index in [0.29, 0.717) is 46.2 Å². The highest BCUT2D eigenvalue weighted by atomic mass is 35.5. The SMILES string of the molecule is CCO[Si](OCC)(OCC)C(CC)N(CC=Cc1ccccc1)C(CC)[Si](OCC)(OCC)OCC.Cl. The normalized spacial score (nSPS) is 14.2. The monoisotopic (exact) mass is 577 g/mol. The molecule has 0 aliphatic carbocycles. The zero-order chi connectivity index (χ0) is 26.9. The predicted octanol–water partition coefficient (Wildman–Crippen LogP) is 6.16. The smallest absolute Gasteiger partial charge is 0.373 e. The Bertz CT molecular complexity index is 647. The molecule has 0 N–H and O–H groups in total. The molecule has 2 atom stereocenters. The third-order valence-corrected chi connectivity index (χ3v) is 13.1. The summed E-state index contributed by atoms with van der Waals surface area (Å²) >= 11 is 0. The second-order valence-corrected chi connectivity index (χ2v) is 13.6. The van der Waals surface area contributed by atoms with Gasteiger partial charge in [0.25, 0.3) is 0 Å². The first-order valence-corrected chi connectivity index (χ1v) is 17.4. The minimum absolute atomic E-state index is 0. The maximum absolute atomic E-state index is 6.42. The molecule has 0 saturated carbocycles. The van der Waals surface area contributed by atoms with Crippen LogP contribution in [0.15, 0.2) is 36.4 Å². The molecule has 0 bridgehead atoms. The maximum atomic E-state index is 6.42. The van der Waals surface area contributed by atoms with Crippen LogP contribution >= 0.6 is 12.4 Å². The van der Waals surface area contributed by atoms with Crippen molar-refractivity contribution in [1.82, 2.24) is 4.90 Å². The molecule has 0 radical (unpaired) electrons. The van der Waals surface area contributed by atoms with Gasteiger partial charge in [0.2, 0.25) is 0 Å². The van der Waals surface area contributed by atoms with E-state index in [9.17, 15) is 0 Å². The van der Waals surface area contributed by atoms with Crippen molar-refractivity contribution in [3.63, 3.8) is 0 Å². The van der Waals surface area contributed by atoms with Crippen LogP contribution in [-0.2, 0) is 26.6 Å². The number of hydrogen-bond donors (Lipinski definition) is 0. The van der Waals surface area contributed by atoms with E-state index >= 15 is 0 Å². The minimum Gasteiger partial charge on any atom is -0.373 e. The third kappa shape index (κ3) is 10.5. The topological polar surface area (TPSA) is 58.6 Å². The van der Waals surface area contributed by atoms with Gasteiger partial charge in [-0.1, -0.05) is 56.3 Å². The summed E-state index contributed by atoms with van der Waals surface area (Å²) in [6, 6.07) is 10.3. The molecule has 10 heteroatoms. The van der Waals surface area contributed by atoms with Crippen LogP contribution in [0.25, 0.3) is 6.08 Å². The first-order valence-electron chi connectivity index (χ1n) is 13.8. The van der Waals surface area contributed by atoms with Crippen LogP contribution in [0.3, 0.4) is 0 Å². The van der Waals surface area contributed by atoms with Crippen molar-refractivity contribution in [2.24, 2.45) is 0 Å². The molecule has 216 valence electrons. The highest BCUT2D eigenvalue weighted by molar-refractivity contribution is 6.64. The predicted molar refractivity (Wildman–Crippen MR) is 159 cm³/mol. The highest BCUT2D eigenvalue weighted by Gasteiger charge is 2.58. The average Bonchev–Trinajstić information content (AvgIpc) is 2.86. The minimum atomic E-state index is -3.10. The molecule has 1 rings (SSSR count). The number of halogens is 1. The van der Waals surface area contributed by atoms with Gasteiger partial charge in [0.05, 0.1) is 11.3 Å². The summed E-state index contributed by atoms with van der Waals surface area (Å²) in [5, 5.41) is 0. The van der Waals surface area contributed by atoms with Crippen LogP contribution in [0.1, 0.15) is 73.8 Å². The molecular weight excluding hydrogens is 526 g/mol. The fourth-order valence-corrected chi connectivity index (χ4v) is 11.4. The molecule has 0 fully saturated rings. The van der Waals surface area contributed by atoms with Gasteiger partial charge in [0.1, 0.15) is 0 Å². The number of hydrogen-bond acceptors (Lipinski definition) is 7. The van der Waals surface area contributed by atoms with Gasteiger partial charge in [-0.25, -0.2) is 0 Å². The van der Waals surface area contributed by atoms with Crippen LogP contribution in [-0.4, -0.2) is 80.0 Å². The maximum Gasteiger partial charge on any atom is 0.519 e. The third-order valence-electron chi connectivity index (χ3n) is 5.89. The summed E-state index contributed by atoms with van der Waals surface area (Å²) in [6.07, 6.45) is 5.96. The Hall–Kier alpha value is -0.596. The lowest BCUT2D eigenvalue weighted by molar-refractivity contribution is 0.00563. The fourth-order valence-electron chi connectivity index (χ4n) is 4.76. The van der Waals surface area contributed by atoms with E-state index in [1.807, 2.05) is 47.6 Å². The summed E-state index contributed by atoms with van der Waals surface area (Å²) in [5.41, 5.74) is 0.983. The van der Waals surface area contributed by atoms with Crippen molar-refractivity contribution < 1.29 is 26.6 Å². The largest absolute Gasteiger partial charge is 0.519 e. The van der Waals surface area contributed by atoms with Crippen molar-refractivity contribution in [1.29, 1.82) is 0 Å². The standard InChI is InChI=1S/C27H51NO6Si2.ClH/c1-9-26(35(29-11-3,30-12-4)31-13-5)28(24-20-23-25-21-18-17-19-22-25)27(10-2)36(32-14-6,33-15-7)34-16-8;/h17-23,26-27H,9-16,24H2,1-8H3;1H. The first kappa shape index (κ1) is 36.4. The quantitative estimate of drug-likeness (QED) is 0.162. The van der Waals surface area contributed by atoms with Crippen molar-refractivity contribution >= 4 is 36.1 Å². The number of benzene rings is 1. The Labute approximate surface area is 235 Å². The lowest BCUT2D eigenvalue weighted by atomic mass is 10.2. The first-order chi connectivity index (χ1) is 17.5. The van der Waals surface area contributed by atoms with E-state index in [-0.39, 0.29) is 23.7 Å². The lowest BCUT2D eigenvalue weighted by Gasteiger charge is -2.47. The average molecular weight is 578 g/mol. The van der Waals surface area contributed by atoms with E-state index in [4.69, 9.17) is 26.6 Å². The second kappa shape index (κ2) is 20.3. The van der Waals surface area contributed by atoms with Crippen molar-refractivity contribution in [2.75, 3.05) is 46.2 Å². The highest BCUT2D eigenvalue weighted by Crippen LogP contribution is 2.31. The van der Waals surface area contributed by atoms with E-state index in [1.165, 1.54) is 0 Å². The van der Waals surface area contributed by atoms with Gasteiger partial charge in [-0.3, -0.25) is 4.90 Å². The molecule has 0 aromatic heterocycles. The zero-order valence-corrected chi connectivity index (χ0v) is 27.2. The van der Waals surface area contributed by atoms with E-state index in [0.717, 1.165) is 18.4 Å². The Morgan fingerprint density at radius 1 is 0.622 bits per heavy atom. The molecule has 0 aliphatic rings. The molecule has 0 aliphatic heterocycles. The van der Waals surface area contributed by atoms with Gasteiger partial charge in [-0.2, -0.15) is 0 Å². The van der Waals surface area contributed by atoms with Crippen molar-refractivity contribution in [2.45, 2.75) is 79.6 Å². The fraction of sp³-hybridized carbons (Fsp3) is 0.704. The summed E-state index contributed by atoms with van der Waals surface area (Å²) in [5.74, 6) is 0. The summed E-state index contributed by atoms with van der Waals surface area (Å²) in [6.45, 7) is 20.2. The Kier molecular flexibility index (Phi) is 20.0. The Morgan fingerprint density at radius 3 is 1.27 bits per heavy atom. The van der Waals surface area contributed by atoms with Gasteiger partial charge >= 0.3 is 17.6 Å². The second-order valence-electron chi connectivity index (χ2n) is 8.16. The van der Waals surface area contributed by atoms with Gasteiger partial charge in [0, 0.05) is 46.2 Å². The lowest BCUT2D eigenvalue weighted by Crippen LogP contribution is -2.70. The molecule has 0 amide bonds. The zero-order valence-electron chi connectivity index (χ0n) is 24.4. The molecule has 37 heavy (non-hydrogen) atoms. The van der Waals surface area contributed by atoms with E-state index < -0.39 is 17.6 Å². The molecule has 1 aromatic rings. The number of nitrogens with zero attached hydrogens (tertiary/aromatic N) is 1. The van der Waals surface area contributed by atoms with Crippen LogP contribution in [0, 0.1) is 0 Å². The molecule has 0 heterocycles. The van der Waals surface area contributed by atoms with Crippen LogP contribution in [0.2, 0.25) is 0 Å². The van der Waals surface area contributed by atoms with E-state index in [2.05, 4.69) is 55.2 Å². The van der Waals surface area contributed by atoms with Crippen molar-refractivity contribution in [3.05, 3.63) is 42.0 Å². The Balaban J connectivity index is 0.0000130. The molecule has 7 nitrogen and oxygen atoms in total. The van der Waals surface area contributed by atoms with Crippen LogP contribution in [0.4, 0.5) is 0 Å². The molecular formula is C27H52ClNO6Si2. The molecule has 1 aromatic carbocycles. The van der Waals surface area contributed by atoms with Gasteiger partial charge in [0.15, 0.2) is 0 Å². The van der Waals surface area contributed by atoms with Gasteiger partial charge in [-0.05, 0) is 59.9 Å². The number of rotatable bonds is 21. The van der Waals surface area contributed by atoms with E-state index in [1.54, 1.807) is 0 Å². The van der Waals surface area contributed by atoms with Crippen LogP contribution in [0.5, 0.6) is 0 Å². The molecule has 0 spiro atoms. The molecule has 0 saturated heterocycles. The van der Waals surface area contributed by atoms with Crippen molar-refractivity contribution in [3.8, 4) is 0 Å². The summed E-state index contributed by atoms with van der Waals surface area (Å²) in [7, 11) is -6.19. The Morgan fingerprint density at radius 2 is 0.973 bits per heavy atom. The van der Waals surface area contributed by atoms with Gasteiger partial charge in [-0.15, -0.1) is 12.4 Å². The summed E-state index contributed by atoms with van der Waals surface area (Å²) in [4.78, 5) is 2.43. The molecule has 2 unspecified atom stereocenters. The van der Waals surface area contributed by atoms with Crippen LogP contribution < -0.4 is 0 Å².